The van der Waals surface area contributed by atoms with Crippen LogP contribution in [0.3, 0.4) is 0 Å². The van der Waals surface area contributed by atoms with Gasteiger partial charge in [-0.25, -0.2) is 9.07 Å². The van der Waals surface area contributed by atoms with Crippen molar-refractivity contribution in [1.29, 1.82) is 0 Å². The van der Waals surface area contributed by atoms with E-state index in [1.807, 2.05) is 19.1 Å². The Bertz CT molecular complexity index is 1370. The number of nitrogens with two attached hydrogens (primary N) is 1. The van der Waals surface area contributed by atoms with Crippen LogP contribution in [0.1, 0.15) is 38.6 Å². The Labute approximate surface area is 193 Å². The summed E-state index contributed by atoms with van der Waals surface area (Å²) < 4.78 is 15.1. The molecule has 2 amide bonds. The number of nitrogens with zero attached hydrogens (tertiary/aromatic N) is 3. The predicted molar refractivity (Wildman–Crippen MR) is 128 cm³/mol. The summed E-state index contributed by atoms with van der Waals surface area (Å²) in [4.78, 5) is 28.4. The van der Waals surface area contributed by atoms with E-state index in [-0.39, 0.29) is 11.7 Å². The van der Waals surface area contributed by atoms with Crippen LogP contribution >= 0.6 is 11.3 Å². The van der Waals surface area contributed by atoms with Gasteiger partial charge in [0.2, 0.25) is 5.91 Å². The Hall–Kier alpha value is -3.72. The minimum Gasteiger partial charge on any atom is -0.370 e. The number of anilines is 2. The Morgan fingerprint density at radius 1 is 1.09 bits per heavy atom. The summed E-state index contributed by atoms with van der Waals surface area (Å²) in [6.07, 6.45) is 2.17. The lowest BCUT2D eigenvalue weighted by Gasteiger charge is -2.22. The maximum absolute atomic E-state index is 13.3. The molecule has 0 atom stereocenters. The molecule has 0 radical (unpaired) electrons. The second-order valence-electron chi connectivity index (χ2n) is 8.05. The number of hydrogen-bond donors (Lipinski definition) is 2. The summed E-state index contributed by atoms with van der Waals surface area (Å²) in [7, 11) is 0. The molecule has 33 heavy (non-hydrogen) atoms. The number of halogens is 1. The zero-order valence-electron chi connectivity index (χ0n) is 18.0. The molecule has 2 aromatic heterocycles. The SMILES string of the molecule is Cc1nn(-c2ccc(F)cc2)c2sc(C(=O)Nc3cc(C(N)=O)ccc3N3CCCC3)cc12. The van der Waals surface area contributed by atoms with Crippen molar-refractivity contribution in [2.45, 2.75) is 19.8 Å². The Morgan fingerprint density at radius 3 is 2.52 bits per heavy atom. The van der Waals surface area contributed by atoms with E-state index < -0.39 is 5.91 Å². The molecule has 0 bridgehead atoms. The number of aryl methyl sites for hydroxylation is 1. The summed E-state index contributed by atoms with van der Waals surface area (Å²) in [5.74, 6) is -1.14. The molecule has 4 aromatic rings. The minimum absolute atomic E-state index is 0.275. The third kappa shape index (κ3) is 3.95. The standard InChI is InChI=1S/C24H22FN5O2S/c1-14-18-13-21(33-24(18)30(28-14)17-7-5-16(25)6-8-17)23(32)27-19-12-15(22(26)31)4-9-20(19)29-10-2-3-11-29/h4-9,12-13H,2-3,10-11H2,1H3,(H2,26,31)(H,27,32). The van der Waals surface area contributed by atoms with Crippen molar-refractivity contribution in [3.8, 4) is 5.69 Å². The minimum atomic E-state index is -0.546. The molecule has 0 unspecified atom stereocenters. The third-order valence-electron chi connectivity index (χ3n) is 5.82. The van der Waals surface area contributed by atoms with E-state index in [1.54, 1.807) is 28.9 Å². The highest BCUT2D eigenvalue weighted by molar-refractivity contribution is 7.20. The maximum Gasteiger partial charge on any atom is 0.265 e. The fraction of sp³-hybridized carbons (Fsp3) is 0.208. The van der Waals surface area contributed by atoms with E-state index in [9.17, 15) is 14.0 Å². The van der Waals surface area contributed by atoms with Gasteiger partial charge in [-0.05, 0) is 68.3 Å². The zero-order valence-corrected chi connectivity index (χ0v) is 18.8. The van der Waals surface area contributed by atoms with Crippen molar-refractivity contribution < 1.29 is 14.0 Å². The van der Waals surface area contributed by atoms with Gasteiger partial charge in [0.05, 0.1) is 27.6 Å². The van der Waals surface area contributed by atoms with Crippen molar-refractivity contribution >= 4 is 44.7 Å². The van der Waals surface area contributed by atoms with Crippen LogP contribution in [0.5, 0.6) is 0 Å². The molecule has 1 fully saturated rings. The van der Waals surface area contributed by atoms with Gasteiger partial charge in [0.25, 0.3) is 5.91 Å². The highest BCUT2D eigenvalue weighted by atomic mass is 32.1. The third-order valence-corrected chi connectivity index (χ3v) is 6.92. The predicted octanol–water partition coefficient (Wildman–Crippen LogP) is 4.49. The topological polar surface area (TPSA) is 93.2 Å². The van der Waals surface area contributed by atoms with Gasteiger partial charge in [0.15, 0.2) is 0 Å². The second kappa shape index (κ2) is 8.32. The largest absolute Gasteiger partial charge is 0.370 e. The first-order valence-electron chi connectivity index (χ1n) is 10.7. The van der Waals surface area contributed by atoms with Gasteiger partial charge in [-0.1, -0.05) is 0 Å². The number of rotatable bonds is 5. The molecule has 3 N–H and O–H groups in total. The molecule has 1 saturated heterocycles. The monoisotopic (exact) mass is 463 g/mol. The van der Waals surface area contributed by atoms with E-state index in [0.717, 1.165) is 47.5 Å². The number of amides is 2. The van der Waals surface area contributed by atoms with Crippen LogP contribution in [0, 0.1) is 12.7 Å². The first-order chi connectivity index (χ1) is 15.9. The lowest BCUT2D eigenvalue weighted by atomic mass is 10.1. The molecular formula is C24H22FN5O2S. The number of carbonyl (C=O) groups excluding carboxylic acids is 2. The van der Waals surface area contributed by atoms with Gasteiger partial charge in [-0.15, -0.1) is 11.3 Å². The van der Waals surface area contributed by atoms with Gasteiger partial charge in [0, 0.05) is 24.0 Å². The molecule has 168 valence electrons. The fourth-order valence-corrected chi connectivity index (χ4v) is 5.20. The van der Waals surface area contributed by atoms with Crippen LogP contribution < -0.4 is 16.0 Å². The lowest BCUT2D eigenvalue weighted by Crippen LogP contribution is -2.22. The van der Waals surface area contributed by atoms with Crippen molar-refractivity contribution in [3.05, 3.63) is 70.5 Å². The first-order valence-corrected chi connectivity index (χ1v) is 11.5. The smallest absolute Gasteiger partial charge is 0.265 e. The average Bonchev–Trinajstić information content (AvgIpc) is 3.53. The van der Waals surface area contributed by atoms with E-state index >= 15 is 0 Å². The first kappa shape index (κ1) is 21.1. The molecule has 7 nitrogen and oxygen atoms in total. The lowest BCUT2D eigenvalue weighted by molar-refractivity contribution is 0.0996. The van der Waals surface area contributed by atoms with Crippen LogP contribution in [0.15, 0.2) is 48.5 Å². The van der Waals surface area contributed by atoms with Gasteiger partial charge < -0.3 is 16.0 Å². The van der Waals surface area contributed by atoms with Crippen LogP contribution in [-0.4, -0.2) is 34.7 Å². The second-order valence-corrected chi connectivity index (χ2v) is 9.08. The van der Waals surface area contributed by atoms with Crippen molar-refractivity contribution in [3.63, 3.8) is 0 Å². The zero-order chi connectivity index (χ0) is 23.1. The molecule has 3 heterocycles. The Morgan fingerprint density at radius 2 is 1.82 bits per heavy atom. The Kier molecular flexibility index (Phi) is 5.33. The number of carbonyl (C=O) groups is 2. The molecule has 0 aliphatic carbocycles. The van der Waals surface area contributed by atoms with Gasteiger partial charge in [-0.3, -0.25) is 9.59 Å². The fourth-order valence-electron chi connectivity index (χ4n) is 4.12. The number of benzene rings is 2. The number of nitrogens with one attached hydrogen (secondary N) is 1. The quantitative estimate of drug-likeness (QED) is 0.456. The van der Waals surface area contributed by atoms with Crippen molar-refractivity contribution in [2.75, 3.05) is 23.3 Å². The Balaban J connectivity index is 1.50. The molecule has 0 spiro atoms. The van der Waals surface area contributed by atoms with Gasteiger partial charge in [-0.2, -0.15) is 5.10 Å². The number of fused-ring (bicyclic) bond motifs is 1. The van der Waals surface area contributed by atoms with Crippen molar-refractivity contribution in [2.24, 2.45) is 5.73 Å². The van der Waals surface area contributed by atoms with E-state index in [2.05, 4.69) is 15.3 Å². The normalized spacial score (nSPS) is 13.6. The van der Waals surface area contributed by atoms with E-state index in [0.29, 0.717) is 21.8 Å². The number of primary amides is 1. The summed E-state index contributed by atoms with van der Waals surface area (Å²) in [6.45, 7) is 3.67. The summed E-state index contributed by atoms with van der Waals surface area (Å²) >= 11 is 1.31. The van der Waals surface area contributed by atoms with Crippen molar-refractivity contribution in [1.82, 2.24) is 9.78 Å². The van der Waals surface area contributed by atoms with E-state index in [1.165, 1.54) is 23.5 Å². The number of thiophene rings is 1. The maximum atomic E-state index is 13.3. The molecule has 5 rings (SSSR count). The molecule has 1 aliphatic heterocycles. The highest BCUT2D eigenvalue weighted by Gasteiger charge is 2.21. The molecule has 0 saturated carbocycles. The summed E-state index contributed by atoms with van der Waals surface area (Å²) in [5.41, 5.74) is 8.74. The summed E-state index contributed by atoms with van der Waals surface area (Å²) in [5, 5.41) is 8.39. The van der Waals surface area contributed by atoms with Crippen LogP contribution in [0.4, 0.5) is 15.8 Å². The molecular weight excluding hydrogens is 441 g/mol. The van der Waals surface area contributed by atoms with Crippen LogP contribution in [-0.2, 0) is 0 Å². The number of aromatic nitrogens is 2. The highest BCUT2D eigenvalue weighted by Crippen LogP contribution is 2.33. The average molecular weight is 464 g/mol. The van der Waals surface area contributed by atoms with Crippen LogP contribution in [0.2, 0.25) is 0 Å². The van der Waals surface area contributed by atoms with E-state index in [4.69, 9.17) is 5.73 Å². The summed E-state index contributed by atoms with van der Waals surface area (Å²) in [6, 6.07) is 13.0. The van der Waals surface area contributed by atoms with Crippen LogP contribution in [0.25, 0.3) is 15.9 Å². The van der Waals surface area contributed by atoms with Gasteiger partial charge in [0.1, 0.15) is 10.6 Å². The van der Waals surface area contributed by atoms with Gasteiger partial charge >= 0.3 is 0 Å². The molecule has 1 aliphatic rings. The number of hydrogen-bond acceptors (Lipinski definition) is 5. The molecule has 9 heteroatoms. The molecule has 2 aromatic carbocycles.